The Balaban J connectivity index is 2.12. The fourth-order valence-electron chi connectivity index (χ4n) is 2.18. The fraction of sp³-hybridized carbons (Fsp3) is 0.235. The Kier molecular flexibility index (Phi) is 5.82. The topological polar surface area (TPSA) is 72.5 Å². The Morgan fingerprint density at radius 1 is 1.21 bits per heavy atom. The molecule has 0 radical (unpaired) electrons. The lowest BCUT2D eigenvalue weighted by Gasteiger charge is -2.17. The van der Waals surface area contributed by atoms with Crippen molar-refractivity contribution in [2.24, 2.45) is 0 Å². The van der Waals surface area contributed by atoms with Crippen molar-refractivity contribution in [1.82, 2.24) is 4.72 Å². The molecule has 2 aromatic rings. The summed E-state index contributed by atoms with van der Waals surface area (Å²) in [5.41, 5.74) is 0.968. The van der Waals surface area contributed by atoms with Gasteiger partial charge in [-0.2, -0.15) is 0 Å². The number of halogens is 1. The van der Waals surface area contributed by atoms with Gasteiger partial charge in [0, 0.05) is 19.2 Å². The Hall–Kier alpha value is -2.09. The van der Waals surface area contributed by atoms with Crippen LogP contribution in [0.25, 0.3) is 0 Å². The first-order valence-electron chi connectivity index (χ1n) is 7.22. The second kappa shape index (κ2) is 7.65. The maximum Gasteiger partial charge on any atom is 0.240 e. The molecule has 2 aromatic carbocycles. The summed E-state index contributed by atoms with van der Waals surface area (Å²) >= 11 is 0. The number of hydrogen-bond acceptors (Lipinski definition) is 4. The minimum absolute atomic E-state index is 0.0431. The molecule has 0 aliphatic heterocycles. The van der Waals surface area contributed by atoms with Gasteiger partial charge in [0.2, 0.25) is 10.0 Å². The molecular formula is C17H18FNO4S. The van der Waals surface area contributed by atoms with Crippen molar-refractivity contribution in [1.29, 1.82) is 0 Å². The van der Waals surface area contributed by atoms with Gasteiger partial charge >= 0.3 is 0 Å². The molecule has 0 spiro atoms. The van der Waals surface area contributed by atoms with Gasteiger partial charge in [-0.25, -0.2) is 17.5 Å². The highest BCUT2D eigenvalue weighted by molar-refractivity contribution is 7.89. The number of nitrogens with one attached hydrogen (secondary N) is 1. The molecule has 2 rings (SSSR count). The number of benzene rings is 2. The number of ether oxygens (including phenoxy) is 1. The van der Waals surface area contributed by atoms with Crippen molar-refractivity contribution in [2.45, 2.75) is 17.9 Å². The number of methoxy groups -OCH3 is 1. The highest BCUT2D eigenvalue weighted by Gasteiger charge is 2.18. The van der Waals surface area contributed by atoms with Crippen molar-refractivity contribution in [2.75, 3.05) is 13.7 Å². The van der Waals surface area contributed by atoms with Crippen LogP contribution in [0.4, 0.5) is 4.39 Å². The predicted octanol–water partition coefficient (Wildman–Crippen LogP) is 2.69. The summed E-state index contributed by atoms with van der Waals surface area (Å²) in [4.78, 5) is 11.3. The fourth-order valence-corrected chi connectivity index (χ4v) is 3.21. The van der Waals surface area contributed by atoms with Gasteiger partial charge in [-0.1, -0.05) is 24.3 Å². The van der Waals surface area contributed by atoms with E-state index < -0.39 is 21.9 Å². The van der Waals surface area contributed by atoms with E-state index in [9.17, 15) is 17.6 Å². The molecule has 0 aliphatic rings. The second-order valence-electron chi connectivity index (χ2n) is 5.21. The van der Waals surface area contributed by atoms with Gasteiger partial charge < -0.3 is 4.74 Å². The van der Waals surface area contributed by atoms with Crippen LogP contribution in [-0.4, -0.2) is 27.9 Å². The van der Waals surface area contributed by atoms with Crippen LogP contribution >= 0.6 is 0 Å². The molecule has 0 fully saturated rings. The van der Waals surface area contributed by atoms with Gasteiger partial charge in [-0.05, 0) is 36.8 Å². The van der Waals surface area contributed by atoms with Gasteiger partial charge in [0.05, 0.1) is 11.0 Å². The zero-order valence-corrected chi connectivity index (χ0v) is 14.1. The van der Waals surface area contributed by atoms with Gasteiger partial charge in [-0.15, -0.1) is 0 Å². The van der Waals surface area contributed by atoms with E-state index in [-0.39, 0.29) is 17.2 Å². The minimum Gasteiger partial charge on any atom is -0.375 e. The van der Waals surface area contributed by atoms with Crippen LogP contribution < -0.4 is 4.72 Å². The summed E-state index contributed by atoms with van der Waals surface area (Å²) in [6.45, 7) is 1.36. The molecule has 24 heavy (non-hydrogen) atoms. The van der Waals surface area contributed by atoms with Gasteiger partial charge in [0.15, 0.2) is 5.78 Å². The maximum absolute atomic E-state index is 13.3. The molecule has 0 saturated carbocycles. The molecule has 1 atom stereocenters. The Morgan fingerprint density at radius 3 is 2.42 bits per heavy atom. The average Bonchev–Trinajstić information content (AvgIpc) is 2.55. The lowest BCUT2D eigenvalue weighted by molar-refractivity contribution is 0.101. The first-order chi connectivity index (χ1) is 11.3. The summed E-state index contributed by atoms with van der Waals surface area (Å²) in [5, 5.41) is 0. The molecule has 1 N–H and O–H groups in total. The second-order valence-corrected chi connectivity index (χ2v) is 6.98. The van der Waals surface area contributed by atoms with Crippen molar-refractivity contribution in [3.05, 3.63) is 65.5 Å². The van der Waals surface area contributed by atoms with Crippen molar-refractivity contribution in [3.63, 3.8) is 0 Å². The minimum atomic E-state index is -3.76. The number of sulfonamides is 1. The van der Waals surface area contributed by atoms with Crippen LogP contribution in [0.2, 0.25) is 0 Å². The first-order valence-corrected chi connectivity index (χ1v) is 8.71. The number of rotatable bonds is 7. The van der Waals surface area contributed by atoms with Crippen LogP contribution in [0, 0.1) is 5.82 Å². The number of Topliss-reactive ketones (excluding diaryl/α,β-unsaturated/α-hetero) is 1. The molecule has 0 bridgehead atoms. The molecule has 1 unspecified atom stereocenters. The Labute approximate surface area is 140 Å². The van der Waals surface area contributed by atoms with E-state index in [2.05, 4.69) is 4.72 Å². The predicted molar refractivity (Wildman–Crippen MR) is 87.8 cm³/mol. The van der Waals surface area contributed by atoms with E-state index >= 15 is 0 Å². The maximum atomic E-state index is 13.3. The van der Waals surface area contributed by atoms with E-state index in [1.54, 1.807) is 6.07 Å². The number of ketones is 1. The van der Waals surface area contributed by atoms with Crippen LogP contribution in [0.15, 0.2) is 53.4 Å². The number of carbonyl (C=O) groups is 1. The lowest BCUT2D eigenvalue weighted by Crippen LogP contribution is -2.29. The third-order valence-electron chi connectivity index (χ3n) is 3.53. The molecule has 7 heteroatoms. The van der Waals surface area contributed by atoms with E-state index in [0.29, 0.717) is 11.1 Å². The molecule has 0 amide bonds. The molecule has 0 saturated heterocycles. The van der Waals surface area contributed by atoms with E-state index in [1.165, 1.54) is 56.5 Å². The number of hydrogen-bond donors (Lipinski definition) is 1. The summed E-state index contributed by atoms with van der Waals surface area (Å²) in [5.74, 6) is -0.560. The first kappa shape index (κ1) is 18.3. The largest absolute Gasteiger partial charge is 0.375 e. The summed E-state index contributed by atoms with van der Waals surface area (Å²) in [6.07, 6.45) is -0.619. The van der Waals surface area contributed by atoms with Gasteiger partial charge in [-0.3, -0.25) is 4.79 Å². The number of carbonyl (C=O) groups excluding carboxylic acids is 1. The van der Waals surface area contributed by atoms with Crippen LogP contribution in [0.3, 0.4) is 0 Å². The average molecular weight is 351 g/mol. The smallest absolute Gasteiger partial charge is 0.240 e. The van der Waals surface area contributed by atoms with Crippen molar-refractivity contribution in [3.8, 4) is 0 Å². The van der Waals surface area contributed by atoms with E-state index in [1.807, 2.05) is 0 Å². The normalized spacial score (nSPS) is 12.8. The molecule has 0 heterocycles. The van der Waals surface area contributed by atoms with Gasteiger partial charge in [0.1, 0.15) is 5.82 Å². The zero-order chi connectivity index (χ0) is 17.7. The molecule has 0 aromatic heterocycles. The molecule has 128 valence electrons. The molecule has 5 nitrogen and oxygen atoms in total. The summed E-state index contributed by atoms with van der Waals surface area (Å²) < 4.78 is 45.6. The zero-order valence-electron chi connectivity index (χ0n) is 13.3. The highest BCUT2D eigenvalue weighted by Crippen LogP contribution is 2.18. The SMILES string of the molecule is COC(CNS(=O)(=O)c1ccc(C(C)=O)cc1)c1cccc(F)c1. The van der Waals surface area contributed by atoms with Crippen LogP contribution in [0.5, 0.6) is 0 Å². The van der Waals surface area contributed by atoms with Crippen LogP contribution in [-0.2, 0) is 14.8 Å². The van der Waals surface area contributed by atoms with E-state index in [4.69, 9.17) is 4.74 Å². The van der Waals surface area contributed by atoms with Crippen LogP contribution in [0.1, 0.15) is 28.9 Å². The van der Waals surface area contributed by atoms with Crippen molar-refractivity contribution >= 4 is 15.8 Å². The Morgan fingerprint density at radius 2 is 1.88 bits per heavy atom. The Bertz CT molecular complexity index is 819. The summed E-state index contributed by atoms with van der Waals surface area (Å²) in [6, 6.07) is 11.4. The highest BCUT2D eigenvalue weighted by atomic mass is 32.2. The monoisotopic (exact) mass is 351 g/mol. The third kappa shape index (κ3) is 4.47. The lowest BCUT2D eigenvalue weighted by atomic mass is 10.1. The van der Waals surface area contributed by atoms with E-state index in [0.717, 1.165) is 0 Å². The quantitative estimate of drug-likeness (QED) is 0.779. The van der Waals surface area contributed by atoms with Crippen molar-refractivity contribution < 1.29 is 22.3 Å². The third-order valence-corrected chi connectivity index (χ3v) is 4.97. The summed E-state index contributed by atoms with van der Waals surface area (Å²) in [7, 11) is -2.34. The molecular weight excluding hydrogens is 333 g/mol. The standard InChI is InChI=1S/C17H18FNO4S/c1-12(20)13-6-8-16(9-7-13)24(21,22)19-11-17(23-2)14-4-3-5-15(18)10-14/h3-10,17,19H,11H2,1-2H3. The van der Waals surface area contributed by atoms with Gasteiger partial charge in [0.25, 0.3) is 0 Å². The molecule has 0 aliphatic carbocycles.